The summed E-state index contributed by atoms with van der Waals surface area (Å²) >= 11 is 0. The summed E-state index contributed by atoms with van der Waals surface area (Å²) in [6.07, 6.45) is 10.1. The summed E-state index contributed by atoms with van der Waals surface area (Å²) in [6, 6.07) is 19.1. The zero-order valence-corrected chi connectivity index (χ0v) is 31.4. The molecule has 1 aliphatic heterocycles. The number of hydrogen-bond donors (Lipinski definition) is 3. The second-order valence-electron chi connectivity index (χ2n) is 13.8. The summed E-state index contributed by atoms with van der Waals surface area (Å²) in [4.78, 5) is 20.7. The Balaban J connectivity index is 0.929. The number of aromatic nitrogens is 6. The maximum atomic E-state index is 14.9. The molecule has 1 aliphatic rings. The van der Waals surface area contributed by atoms with Crippen molar-refractivity contribution >= 4 is 11.9 Å². The van der Waals surface area contributed by atoms with Gasteiger partial charge < -0.3 is 19.7 Å². The molecule has 3 N–H and O–H groups in total. The van der Waals surface area contributed by atoms with E-state index in [4.69, 9.17) is 9.47 Å². The molecule has 0 amide bonds. The van der Waals surface area contributed by atoms with E-state index in [1.54, 1.807) is 77.9 Å². The van der Waals surface area contributed by atoms with Crippen molar-refractivity contribution in [2.45, 2.75) is 24.3 Å². The van der Waals surface area contributed by atoms with Gasteiger partial charge in [-0.15, -0.1) is 5.53 Å². The summed E-state index contributed by atoms with van der Waals surface area (Å²) in [5.41, 5.74) is 0.789. The number of benzene rings is 4. The fourth-order valence-corrected chi connectivity index (χ4v) is 6.40. The molecule has 0 radical (unpaired) electrons. The van der Waals surface area contributed by atoms with Gasteiger partial charge in [-0.1, -0.05) is 30.3 Å². The van der Waals surface area contributed by atoms with Crippen molar-refractivity contribution in [3.05, 3.63) is 174 Å². The van der Waals surface area contributed by atoms with Crippen molar-refractivity contribution in [1.82, 2.24) is 45.1 Å². The van der Waals surface area contributed by atoms with Gasteiger partial charge in [0.15, 0.2) is 5.78 Å². The first-order valence-electron chi connectivity index (χ1n) is 18.0. The highest BCUT2D eigenvalue weighted by molar-refractivity contribution is 6.06. The first-order valence-corrected chi connectivity index (χ1v) is 18.0. The minimum atomic E-state index is -1.93. The SMILES string of the molecule is CN1NN(CC(O)(Cn2cncn2)c2ccc(F)cc2F)C=C1COc1ccc(/C=C/C(=O)c2ccc(OCC(O)(Cn3cncn3)c3ccc(F)cc3F)cc2)cc1. The normalized spacial score (nSPS) is 14.9. The molecule has 0 fully saturated rings. The van der Waals surface area contributed by atoms with Crippen LogP contribution in [0.4, 0.5) is 17.6 Å². The van der Waals surface area contributed by atoms with Crippen LogP contribution in [0.15, 0.2) is 128 Å². The predicted molar refractivity (Wildman–Crippen MR) is 203 cm³/mol. The highest BCUT2D eigenvalue weighted by Gasteiger charge is 2.37. The van der Waals surface area contributed by atoms with Crippen LogP contribution in [0.5, 0.6) is 11.5 Å². The third kappa shape index (κ3) is 9.81. The third-order valence-electron chi connectivity index (χ3n) is 9.40. The van der Waals surface area contributed by atoms with Gasteiger partial charge in [0, 0.05) is 42.1 Å². The first-order chi connectivity index (χ1) is 28.4. The quantitative estimate of drug-likeness (QED) is 0.0661. The van der Waals surface area contributed by atoms with E-state index in [9.17, 15) is 32.6 Å². The van der Waals surface area contributed by atoms with Crippen molar-refractivity contribution in [1.29, 1.82) is 0 Å². The Morgan fingerprint density at radius 1 is 0.746 bits per heavy atom. The largest absolute Gasteiger partial charge is 0.490 e. The molecule has 304 valence electrons. The molecule has 4 aromatic carbocycles. The number of hydrogen-bond acceptors (Lipinski definition) is 12. The van der Waals surface area contributed by atoms with Gasteiger partial charge >= 0.3 is 0 Å². The van der Waals surface area contributed by atoms with Gasteiger partial charge in [0.05, 0.1) is 25.3 Å². The molecule has 14 nitrogen and oxygen atoms in total. The van der Waals surface area contributed by atoms with Crippen LogP contribution in [0.25, 0.3) is 6.08 Å². The van der Waals surface area contributed by atoms with Crippen LogP contribution in [-0.2, 0) is 24.3 Å². The summed E-state index contributed by atoms with van der Waals surface area (Å²) in [5.74, 6) is -2.84. The lowest BCUT2D eigenvalue weighted by molar-refractivity contribution is -0.0309. The molecule has 0 aliphatic carbocycles. The van der Waals surface area contributed by atoms with E-state index in [0.717, 1.165) is 23.8 Å². The van der Waals surface area contributed by atoms with E-state index in [1.807, 2.05) is 0 Å². The van der Waals surface area contributed by atoms with E-state index in [2.05, 4.69) is 25.7 Å². The van der Waals surface area contributed by atoms with E-state index in [0.29, 0.717) is 34.9 Å². The minimum absolute atomic E-state index is 0.109. The average Bonchev–Trinajstić information content (AvgIpc) is 3.99. The van der Waals surface area contributed by atoms with E-state index < -0.39 is 41.1 Å². The van der Waals surface area contributed by atoms with Crippen molar-refractivity contribution in [3.8, 4) is 11.5 Å². The van der Waals surface area contributed by atoms with Gasteiger partial charge in [-0.25, -0.2) is 36.9 Å². The summed E-state index contributed by atoms with van der Waals surface area (Å²) < 4.78 is 71.4. The molecule has 2 aromatic heterocycles. The molecule has 3 heterocycles. The van der Waals surface area contributed by atoms with Gasteiger partial charge in [-0.05, 0) is 60.2 Å². The number of nitrogens with zero attached hydrogens (tertiary/aromatic N) is 8. The molecule has 7 rings (SSSR count). The Bertz CT molecular complexity index is 2430. The van der Waals surface area contributed by atoms with E-state index >= 15 is 0 Å². The second kappa shape index (κ2) is 17.3. The zero-order valence-electron chi connectivity index (χ0n) is 31.4. The minimum Gasteiger partial charge on any atom is -0.490 e. The number of ketones is 1. The van der Waals surface area contributed by atoms with Crippen molar-refractivity contribution in [2.24, 2.45) is 0 Å². The van der Waals surface area contributed by atoms with Crippen LogP contribution in [-0.4, -0.2) is 82.3 Å². The number of aliphatic hydroxyl groups is 2. The Labute approximate surface area is 334 Å². The average molecular weight is 812 g/mol. The monoisotopic (exact) mass is 811 g/mol. The Morgan fingerprint density at radius 3 is 1.88 bits per heavy atom. The fourth-order valence-electron chi connectivity index (χ4n) is 6.40. The molecule has 0 spiro atoms. The Morgan fingerprint density at radius 2 is 1.31 bits per heavy atom. The van der Waals surface area contributed by atoms with Crippen LogP contribution in [0.1, 0.15) is 27.0 Å². The van der Waals surface area contributed by atoms with Crippen LogP contribution in [0.2, 0.25) is 0 Å². The predicted octanol–water partition coefficient (Wildman–Crippen LogP) is 4.76. The number of halogens is 4. The number of nitrogens with one attached hydrogen (secondary N) is 1. The lowest BCUT2D eigenvalue weighted by Gasteiger charge is -2.33. The maximum absolute atomic E-state index is 14.9. The molecule has 2 unspecified atom stereocenters. The van der Waals surface area contributed by atoms with Crippen LogP contribution in [0.3, 0.4) is 0 Å². The van der Waals surface area contributed by atoms with Gasteiger partial charge in [0.2, 0.25) is 0 Å². The number of β-amino-alcohol motifs (C(OH)–C–C–N with tert-alkyl or cyclic N) is 1. The number of allylic oxidation sites excluding steroid dienone is 1. The Hall–Kier alpha value is -6.89. The highest BCUT2D eigenvalue weighted by atomic mass is 19.1. The van der Waals surface area contributed by atoms with E-state index in [1.165, 1.54) is 46.8 Å². The molecule has 2 atom stereocenters. The molecule has 59 heavy (non-hydrogen) atoms. The topological polar surface area (TPSA) is 156 Å². The number of carbonyl (C=O) groups is 1. The Kier molecular flexibility index (Phi) is 11.8. The molecule has 0 saturated carbocycles. The lowest BCUT2D eigenvalue weighted by atomic mass is 9.92. The summed E-state index contributed by atoms with van der Waals surface area (Å²) in [6.45, 7) is -0.806. The number of ether oxygens (including phenoxy) is 2. The van der Waals surface area contributed by atoms with Crippen LogP contribution < -0.4 is 15.0 Å². The summed E-state index contributed by atoms with van der Waals surface area (Å²) in [7, 11) is 1.75. The molecule has 6 aromatic rings. The van der Waals surface area contributed by atoms with Gasteiger partial charge in [0.25, 0.3) is 0 Å². The lowest BCUT2D eigenvalue weighted by Crippen LogP contribution is -2.48. The number of likely N-dealkylation sites (N-methyl/N-ethyl adjacent to an activating group) is 1. The van der Waals surface area contributed by atoms with E-state index in [-0.39, 0.29) is 43.2 Å². The van der Waals surface area contributed by atoms with Crippen molar-refractivity contribution in [3.63, 3.8) is 0 Å². The summed E-state index contributed by atoms with van der Waals surface area (Å²) in [5, 5.41) is 34.4. The number of rotatable bonds is 17. The molecular weight excluding hydrogens is 775 g/mol. The standard InChI is InChI=1S/C41H37F4N9O5/c1-51-32(18-52(50-51)20-40(56,21-53-26-46-24-48-53)35-13-7-30(42)16-37(35)44)19-58-33-9-2-28(3-10-33)4-15-39(55)29-5-11-34(12-6-29)59-23-41(57,22-54-27-47-25-49-54)36-14-8-31(43)17-38(36)45/h2-18,24-27,50,56-57H,19-23H2,1H3/b15-4+. The molecule has 0 saturated heterocycles. The maximum Gasteiger partial charge on any atom is 0.185 e. The van der Waals surface area contributed by atoms with Crippen molar-refractivity contribution < 1.29 is 42.0 Å². The number of hydrazine groups is 2. The third-order valence-corrected chi connectivity index (χ3v) is 9.40. The first kappa shape index (κ1) is 40.3. The van der Waals surface area contributed by atoms with Crippen molar-refractivity contribution in [2.75, 3.05) is 26.8 Å². The zero-order chi connectivity index (χ0) is 41.6. The fraction of sp³-hybridized carbons (Fsp3) is 0.195. The molecule has 0 bridgehead atoms. The van der Waals surface area contributed by atoms with Gasteiger partial charge in [0.1, 0.15) is 84.5 Å². The van der Waals surface area contributed by atoms with Crippen LogP contribution >= 0.6 is 0 Å². The van der Waals surface area contributed by atoms with Crippen LogP contribution in [0, 0.1) is 23.3 Å². The number of carbonyl (C=O) groups excluding carboxylic acids is 1. The second-order valence-corrected chi connectivity index (χ2v) is 13.8. The molecular formula is C41H37F4N9O5. The molecule has 18 heteroatoms. The smallest absolute Gasteiger partial charge is 0.185 e. The van der Waals surface area contributed by atoms with Gasteiger partial charge in [-0.2, -0.15) is 10.2 Å². The van der Waals surface area contributed by atoms with Gasteiger partial charge in [-0.3, -0.25) is 14.8 Å². The highest BCUT2D eigenvalue weighted by Crippen LogP contribution is 2.30.